The zero-order chi connectivity index (χ0) is 15.6. The van der Waals surface area contributed by atoms with Crippen LogP contribution in [0, 0.1) is 0 Å². The van der Waals surface area contributed by atoms with Gasteiger partial charge in [0.2, 0.25) is 0 Å². The number of nitrogens with zero attached hydrogens (tertiary/aromatic N) is 2. The number of aryl methyl sites for hydroxylation is 1. The molecule has 1 aliphatic heterocycles. The molecule has 1 saturated heterocycles. The van der Waals surface area contributed by atoms with E-state index in [0.29, 0.717) is 5.92 Å². The highest BCUT2D eigenvalue weighted by Gasteiger charge is 2.24. The molecule has 0 saturated carbocycles. The van der Waals surface area contributed by atoms with E-state index < -0.39 is 0 Å². The van der Waals surface area contributed by atoms with Crippen LogP contribution in [0.3, 0.4) is 0 Å². The molecule has 1 aromatic heterocycles. The minimum Gasteiger partial charge on any atom is -0.371 e. The molecule has 0 radical (unpaired) electrons. The number of rotatable bonds is 3. The van der Waals surface area contributed by atoms with Gasteiger partial charge in [0.1, 0.15) is 0 Å². The highest BCUT2D eigenvalue weighted by atomic mass is 15.1. The van der Waals surface area contributed by atoms with Crippen molar-refractivity contribution in [2.75, 3.05) is 18.0 Å². The lowest BCUT2D eigenvalue weighted by molar-refractivity contribution is 0.497. The fourth-order valence-electron chi connectivity index (χ4n) is 3.81. The summed E-state index contributed by atoms with van der Waals surface area (Å²) in [6, 6.07) is 17.3. The molecule has 0 amide bonds. The van der Waals surface area contributed by atoms with Crippen molar-refractivity contribution in [3.63, 3.8) is 0 Å². The Kier molecular flexibility index (Phi) is 3.78. The molecule has 2 heterocycles. The van der Waals surface area contributed by atoms with Gasteiger partial charge in [-0.15, -0.1) is 0 Å². The monoisotopic (exact) mass is 305 g/mol. The Balaban J connectivity index is 1.53. The van der Waals surface area contributed by atoms with Crippen molar-refractivity contribution in [2.45, 2.75) is 32.1 Å². The standard InChI is InChI=1S/C20H23N3/c1-2-15-7-3-6-10-19(15)23-13-11-16(12-14-23)20-17-8-4-5-9-18(17)21-22-20/h3-10,16H,2,11-14H2,1H3,(H,21,22). The Morgan fingerprint density at radius 2 is 1.78 bits per heavy atom. The van der Waals surface area contributed by atoms with Crippen LogP contribution in [0.15, 0.2) is 48.5 Å². The third kappa shape index (κ3) is 2.61. The number of aromatic nitrogens is 2. The molecule has 3 nitrogen and oxygen atoms in total. The number of fused-ring (bicyclic) bond motifs is 1. The van der Waals surface area contributed by atoms with E-state index >= 15 is 0 Å². The number of anilines is 1. The van der Waals surface area contributed by atoms with Gasteiger partial charge in [0.05, 0.1) is 11.2 Å². The molecule has 0 atom stereocenters. The Labute approximate surface area is 137 Å². The number of nitrogens with one attached hydrogen (secondary N) is 1. The molecule has 23 heavy (non-hydrogen) atoms. The van der Waals surface area contributed by atoms with E-state index in [1.807, 2.05) is 0 Å². The van der Waals surface area contributed by atoms with E-state index in [1.54, 1.807) is 0 Å². The molecule has 0 spiro atoms. The first-order valence-corrected chi connectivity index (χ1v) is 8.62. The van der Waals surface area contributed by atoms with Gasteiger partial charge < -0.3 is 4.90 Å². The number of hydrogen-bond acceptors (Lipinski definition) is 2. The van der Waals surface area contributed by atoms with Crippen molar-refractivity contribution in [1.82, 2.24) is 10.2 Å². The molecule has 3 heteroatoms. The van der Waals surface area contributed by atoms with Gasteiger partial charge in [0.15, 0.2) is 0 Å². The summed E-state index contributed by atoms with van der Waals surface area (Å²) in [5.74, 6) is 0.566. The van der Waals surface area contributed by atoms with E-state index in [9.17, 15) is 0 Å². The third-order valence-electron chi connectivity index (χ3n) is 5.09. The van der Waals surface area contributed by atoms with Gasteiger partial charge in [0.25, 0.3) is 0 Å². The Bertz CT molecular complexity index is 797. The highest BCUT2D eigenvalue weighted by molar-refractivity contribution is 5.81. The molecule has 1 fully saturated rings. The van der Waals surface area contributed by atoms with Crippen molar-refractivity contribution in [2.24, 2.45) is 0 Å². The van der Waals surface area contributed by atoms with Gasteiger partial charge in [0, 0.05) is 30.1 Å². The zero-order valence-corrected chi connectivity index (χ0v) is 13.6. The van der Waals surface area contributed by atoms with Crippen molar-refractivity contribution >= 4 is 16.6 Å². The summed E-state index contributed by atoms with van der Waals surface area (Å²) in [6.45, 7) is 4.47. The van der Waals surface area contributed by atoms with Crippen LogP contribution in [0.2, 0.25) is 0 Å². The maximum atomic E-state index is 4.61. The molecule has 1 N–H and O–H groups in total. The van der Waals surface area contributed by atoms with Gasteiger partial charge in [-0.05, 0) is 37.0 Å². The number of benzene rings is 2. The molecule has 3 aromatic rings. The Morgan fingerprint density at radius 3 is 2.61 bits per heavy atom. The average Bonchev–Trinajstić information content (AvgIpc) is 3.06. The summed E-state index contributed by atoms with van der Waals surface area (Å²) in [6.07, 6.45) is 3.44. The van der Waals surface area contributed by atoms with Gasteiger partial charge in [-0.3, -0.25) is 5.10 Å². The van der Waals surface area contributed by atoms with Crippen LogP contribution in [0.5, 0.6) is 0 Å². The van der Waals surface area contributed by atoms with Crippen LogP contribution in [-0.4, -0.2) is 23.3 Å². The lowest BCUT2D eigenvalue weighted by atomic mass is 9.91. The topological polar surface area (TPSA) is 31.9 Å². The Hall–Kier alpha value is -2.29. The molecule has 0 bridgehead atoms. The van der Waals surface area contributed by atoms with E-state index in [1.165, 1.54) is 35.2 Å². The van der Waals surface area contributed by atoms with Crippen molar-refractivity contribution in [3.8, 4) is 0 Å². The van der Waals surface area contributed by atoms with E-state index in [2.05, 4.69) is 70.6 Å². The lowest BCUT2D eigenvalue weighted by Gasteiger charge is -2.34. The van der Waals surface area contributed by atoms with Crippen LogP contribution in [0.1, 0.15) is 36.9 Å². The second kappa shape index (κ2) is 6.07. The molecular weight excluding hydrogens is 282 g/mol. The highest BCUT2D eigenvalue weighted by Crippen LogP contribution is 2.34. The normalized spacial score (nSPS) is 16.1. The van der Waals surface area contributed by atoms with Gasteiger partial charge in [-0.2, -0.15) is 5.10 Å². The summed E-state index contributed by atoms with van der Waals surface area (Å²) >= 11 is 0. The van der Waals surface area contributed by atoms with E-state index in [4.69, 9.17) is 0 Å². The lowest BCUT2D eigenvalue weighted by Crippen LogP contribution is -2.33. The third-order valence-corrected chi connectivity index (χ3v) is 5.09. The van der Waals surface area contributed by atoms with Gasteiger partial charge >= 0.3 is 0 Å². The number of para-hydroxylation sites is 2. The molecule has 2 aromatic carbocycles. The van der Waals surface area contributed by atoms with Crippen molar-refractivity contribution in [1.29, 1.82) is 0 Å². The molecular formula is C20H23N3. The number of aromatic amines is 1. The van der Waals surface area contributed by atoms with Gasteiger partial charge in [-0.1, -0.05) is 43.3 Å². The first-order chi connectivity index (χ1) is 11.4. The van der Waals surface area contributed by atoms with E-state index in [-0.39, 0.29) is 0 Å². The predicted octanol–water partition coefficient (Wildman–Crippen LogP) is 4.51. The SMILES string of the molecule is CCc1ccccc1N1CCC(c2n[nH]c3ccccc23)CC1. The minimum atomic E-state index is 0.566. The van der Waals surface area contributed by atoms with E-state index in [0.717, 1.165) is 25.0 Å². The number of H-pyrrole nitrogens is 1. The van der Waals surface area contributed by atoms with Crippen LogP contribution < -0.4 is 4.90 Å². The van der Waals surface area contributed by atoms with Crippen molar-refractivity contribution < 1.29 is 0 Å². The van der Waals surface area contributed by atoms with Crippen LogP contribution in [-0.2, 0) is 6.42 Å². The van der Waals surface area contributed by atoms with Gasteiger partial charge in [-0.25, -0.2) is 0 Å². The van der Waals surface area contributed by atoms with Crippen LogP contribution in [0.25, 0.3) is 10.9 Å². The summed E-state index contributed by atoms with van der Waals surface area (Å²) < 4.78 is 0. The fraction of sp³-hybridized carbons (Fsp3) is 0.350. The average molecular weight is 305 g/mol. The summed E-state index contributed by atoms with van der Waals surface area (Å²) in [4.78, 5) is 2.55. The summed E-state index contributed by atoms with van der Waals surface area (Å²) in [5, 5.41) is 9.08. The fourth-order valence-corrected chi connectivity index (χ4v) is 3.81. The number of hydrogen-bond donors (Lipinski definition) is 1. The maximum absolute atomic E-state index is 4.61. The smallest absolute Gasteiger partial charge is 0.0733 e. The molecule has 4 rings (SSSR count). The molecule has 118 valence electrons. The maximum Gasteiger partial charge on any atom is 0.0733 e. The quantitative estimate of drug-likeness (QED) is 0.772. The minimum absolute atomic E-state index is 0.566. The first-order valence-electron chi connectivity index (χ1n) is 8.62. The van der Waals surface area contributed by atoms with Crippen LogP contribution in [0.4, 0.5) is 5.69 Å². The summed E-state index contributed by atoms with van der Waals surface area (Å²) in [7, 11) is 0. The van der Waals surface area contributed by atoms with Crippen LogP contribution >= 0.6 is 0 Å². The second-order valence-corrected chi connectivity index (χ2v) is 6.40. The molecule has 0 unspecified atom stereocenters. The number of piperidine rings is 1. The molecule has 0 aliphatic carbocycles. The zero-order valence-electron chi connectivity index (χ0n) is 13.6. The second-order valence-electron chi connectivity index (χ2n) is 6.40. The first kappa shape index (κ1) is 14.3. The largest absolute Gasteiger partial charge is 0.371 e. The summed E-state index contributed by atoms with van der Waals surface area (Å²) in [5.41, 5.74) is 5.28. The van der Waals surface area contributed by atoms with Crippen molar-refractivity contribution in [3.05, 3.63) is 59.8 Å². The molecule has 1 aliphatic rings. The Morgan fingerprint density at radius 1 is 1.04 bits per heavy atom. The predicted molar refractivity (Wildman–Crippen MR) is 96.1 cm³/mol.